The molecule has 0 unspecified atom stereocenters. The largest absolute Gasteiger partial charge is 0.314 e. The third-order valence-corrected chi connectivity index (χ3v) is 7.13. The van der Waals surface area contributed by atoms with E-state index >= 15 is 0 Å². The van der Waals surface area contributed by atoms with Gasteiger partial charge in [-0.15, -0.1) is 11.3 Å². The van der Waals surface area contributed by atoms with Gasteiger partial charge < -0.3 is 5.32 Å². The van der Waals surface area contributed by atoms with Crippen molar-refractivity contribution < 1.29 is 8.42 Å². The van der Waals surface area contributed by atoms with Gasteiger partial charge in [0.2, 0.25) is 0 Å². The fourth-order valence-corrected chi connectivity index (χ4v) is 5.23. The molecular weight excluding hydrogens is 304 g/mol. The lowest BCUT2D eigenvalue weighted by atomic mass is 10.0. The van der Waals surface area contributed by atoms with Crippen LogP contribution in [-0.2, 0) is 16.4 Å². The third kappa shape index (κ3) is 4.77. The maximum Gasteiger partial charge on any atom is 0.250 e. The van der Waals surface area contributed by atoms with Crippen molar-refractivity contribution in [1.29, 1.82) is 0 Å². The average Bonchev–Trinajstić information content (AvgIpc) is 3.09. The molecule has 0 aliphatic heterocycles. The van der Waals surface area contributed by atoms with E-state index in [1.807, 2.05) is 19.9 Å². The standard InChI is InChI=1S/C15H26N2O2S2/c1-11(2)16-10-9-13-7-8-14(20-13)21(18,19)17-15(3,4)12-5-6-12/h7-8,11-12,16-17H,5-6,9-10H2,1-4H3. The first kappa shape index (κ1) is 16.9. The molecule has 0 bridgehead atoms. The lowest BCUT2D eigenvalue weighted by Crippen LogP contribution is -2.44. The minimum atomic E-state index is -3.40. The van der Waals surface area contributed by atoms with Crippen molar-refractivity contribution in [1.82, 2.24) is 10.0 Å². The van der Waals surface area contributed by atoms with Gasteiger partial charge >= 0.3 is 0 Å². The van der Waals surface area contributed by atoms with Crippen molar-refractivity contribution in [3.8, 4) is 0 Å². The zero-order valence-electron chi connectivity index (χ0n) is 13.3. The Balaban J connectivity index is 1.98. The van der Waals surface area contributed by atoms with Crippen LogP contribution in [0, 0.1) is 5.92 Å². The van der Waals surface area contributed by atoms with E-state index in [4.69, 9.17) is 0 Å². The van der Waals surface area contributed by atoms with Crippen LogP contribution in [0.15, 0.2) is 16.3 Å². The van der Waals surface area contributed by atoms with E-state index in [-0.39, 0.29) is 5.54 Å². The molecule has 1 aliphatic rings. The molecule has 0 aromatic carbocycles. The highest BCUT2D eigenvalue weighted by atomic mass is 32.2. The van der Waals surface area contributed by atoms with E-state index in [2.05, 4.69) is 23.9 Å². The van der Waals surface area contributed by atoms with Gasteiger partial charge in [0.05, 0.1) is 0 Å². The van der Waals surface area contributed by atoms with Gasteiger partial charge in [0.25, 0.3) is 10.0 Å². The van der Waals surface area contributed by atoms with Crippen molar-refractivity contribution >= 4 is 21.4 Å². The monoisotopic (exact) mass is 330 g/mol. The molecule has 2 N–H and O–H groups in total. The number of hydrogen-bond donors (Lipinski definition) is 2. The summed E-state index contributed by atoms with van der Waals surface area (Å²) in [5.74, 6) is 0.474. The molecular formula is C15H26N2O2S2. The summed E-state index contributed by atoms with van der Waals surface area (Å²) in [6.07, 6.45) is 3.10. The third-order valence-electron chi connectivity index (χ3n) is 3.82. The Morgan fingerprint density at radius 2 is 2.00 bits per heavy atom. The fraction of sp³-hybridized carbons (Fsp3) is 0.733. The van der Waals surface area contributed by atoms with Crippen LogP contribution in [0.2, 0.25) is 0 Å². The van der Waals surface area contributed by atoms with Gasteiger partial charge in [0, 0.05) is 23.0 Å². The lowest BCUT2D eigenvalue weighted by molar-refractivity contribution is 0.401. The molecule has 1 aromatic heterocycles. The Kier molecular flexibility index (Phi) is 5.13. The Bertz CT molecular complexity index is 572. The van der Waals surface area contributed by atoms with Gasteiger partial charge in [0.15, 0.2) is 0 Å². The zero-order chi connectivity index (χ0) is 15.7. The zero-order valence-corrected chi connectivity index (χ0v) is 14.9. The molecule has 0 spiro atoms. The molecule has 0 atom stereocenters. The SMILES string of the molecule is CC(C)NCCc1ccc(S(=O)(=O)NC(C)(C)C2CC2)s1. The van der Waals surface area contributed by atoms with E-state index in [9.17, 15) is 8.42 Å². The maximum atomic E-state index is 12.5. The summed E-state index contributed by atoms with van der Waals surface area (Å²) < 4.78 is 28.2. The average molecular weight is 331 g/mol. The second-order valence-corrected chi connectivity index (χ2v) is 9.76. The molecule has 120 valence electrons. The predicted molar refractivity (Wildman–Crippen MR) is 88.3 cm³/mol. The smallest absolute Gasteiger partial charge is 0.250 e. The Labute approximate surface area is 132 Å². The van der Waals surface area contributed by atoms with Gasteiger partial charge in [0.1, 0.15) is 4.21 Å². The summed E-state index contributed by atoms with van der Waals surface area (Å²) in [5.41, 5.74) is -0.345. The molecule has 1 aliphatic carbocycles. The first-order valence-corrected chi connectivity index (χ1v) is 9.87. The molecule has 1 fully saturated rings. The summed E-state index contributed by atoms with van der Waals surface area (Å²) in [4.78, 5) is 1.10. The first-order valence-electron chi connectivity index (χ1n) is 7.57. The first-order chi connectivity index (χ1) is 9.71. The van der Waals surface area contributed by atoms with Crippen molar-refractivity contribution in [3.63, 3.8) is 0 Å². The quantitative estimate of drug-likeness (QED) is 0.770. The van der Waals surface area contributed by atoms with Crippen molar-refractivity contribution in [2.75, 3.05) is 6.54 Å². The lowest BCUT2D eigenvalue weighted by Gasteiger charge is -2.25. The highest BCUT2D eigenvalue weighted by Crippen LogP contribution is 2.40. The van der Waals surface area contributed by atoms with Gasteiger partial charge in [-0.25, -0.2) is 13.1 Å². The molecule has 6 heteroatoms. The van der Waals surface area contributed by atoms with Crippen LogP contribution in [0.1, 0.15) is 45.4 Å². The highest BCUT2D eigenvalue weighted by Gasteiger charge is 2.40. The Hall–Kier alpha value is -0.430. The molecule has 21 heavy (non-hydrogen) atoms. The molecule has 1 heterocycles. The number of rotatable bonds is 8. The second kappa shape index (κ2) is 6.36. The molecule has 0 radical (unpaired) electrons. The number of nitrogens with one attached hydrogen (secondary N) is 2. The van der Waals surface area contributed by atoms with Crippen LogP contribution in [0.25, 0.3) is 0 Å². The normalized spacial score (nSPS) is 16.6. The highest BCUT2D eigenvalue weighted by molar-refractivity contribution is 7.91. The van der Waals surface area contributed by atoms with Crippen LogP contribution < -0.4 is 10.0 Å². The molecule has 1 aromatic rings. The van der Waals surface area contributed by atoms with Crippen LogP contribution in [0.5, 0.6) is 0 Å². The van der Waals surface area contributed by atoms with Crippen molar-refractivity contribution in [2.24, 2.45) is 5.92 Å². The van der Waals surface area contributed by atoms with E-state index in [1.54, 1.807) is 6.07 Å². The van der Waals surface area contributed by atoms with Crippen molar-refractivity contribution in [3.05, 3.63) is 17.0 Å². The minimum absolute atomic E-state index is 0.345. The van der Waals surface area contributed by atoms with Crippen LogP contribution >= 0.6 is 11.3 Å². The predicted octanol–water partition coefficient (Wildman–Crippen LogP) is 2.76. The van der Waals surface area contributed by atoms with Crippen LogP contribution in [-0.4, -0.2) is 26.5 Å². The molecule has 2 rings (SSSR count). The second-order valence-electron chi connectivity index (χ2n) is 6.68. The maximum absolute atomic E-state index is 12.5. The van der Waals surface area contributed by atoms with Crippen LogP contribution in [0.4, 0.5) is 0 Å². The fourth-order valence-electron chi connectivity index (χ4n) is 2.41. The van der Waals surface area contributed by atoms with Gasteiger partial charge in [-0.2, -0.15) is 0 Å². The Morgan fingerprint density at radius 1 is 1.33 bits per heavy atom. The van der Waals surface area contributed by atoms with Gasteiger partial charge in [-0.1, -0.05) is 13.8 Å². The molecule has 1 saturated carbocycles. The summed E-state index contributed by atoms with van der Waals surface area (Å²) in [7, 11) is -3.40. The summed E-state index contributed by atoms with van der Waals surface area (Å²) in [6.45, 7) is 9.04. The summed E-state index contributed by atoms with van der Waals surface area (Å²) in [6, 6.07) is 4.10. The Morgan fingerprint density at radius 3 is 2.57 bits per heavy atom. The number of thiophene rings is 1. The number of sulfonamides is 1. The summed E-state index contributed by atoms with van der Waals surface area (Å²) >= 11 is 1.37. The van der Waals surface area contributed by atoms with Gasteiger partial charge in [-0.3, -0.25) is 0 Å². The van der Waals surface area contributed by atoms with Crippen LogP contribution in [0.3, 0.4) is 0 Å². The summed E-state index contributed by atoms with van der Waals surface area (Å²) in [5, 5.41) is 3.34. The molecule has 4 nitrogen and oxygen atoms in total. The van der Waals surface area contributed by atoms with E-state index in [0.29, 0.717) is 16.2 Å². The van der Waals surface area contributed by atoms with Crippen molar-refractivity contribution in [2.45, 2.75) is 62.7 Å². The minimum Gasteiger partial charge on any atom is -0.314 e. The molecule has 0 saturated heterocycles. The number of hydrogen-bond acceptors (Lipinski definition) is 4. The van der Waals surface area contributed by atoms with E-state index in [1.165, 1.54) is 11.3 Å². The topological polar surface area (TPSA) is 58.2 Å². The van der Waals surface area contributed by atoms with E-state index < -0.39 is 10.0 Å². The van der Waals surface area contributed by atoms with Gasteiger partial charge in [-0.05, 0) is 51.2 Å². The molecule has 0 amide bonds. The van der Waals surface area contributed by atoms with E-state index in [0.717, 1.165) is 30.7 Å².